The van der Waals surface area contributed by atoms with Gasteiger partial charge in [-0.1, -0.05) is 81.4 Å². The fraction of sp³-hybridized carbons (Fsp3) is 0.355. The van der Waals surface area contributed by atoms with Crippen LogP contribution in [-0.4, -0.2) is 30.8 Å². The molecular weight excluding hydrogens is 446 g/mol. The number of nitrogens with one attached hydrogen (secondary N) is 1. The molecule has 0 aliphatic heterocycles. The van der Waals surface area contributed by atoms with Gasteiger partial charge in [0.15, 0.2) is 0 Å². The largest absolute Gasteiger partial charge is 0.377 e. The first-order valence-corrected chi connectivity index (χ1v) is 12.8. The number of carbonyl (C=O) groups is 2. The predicted molar refractivity (Wildman–Crippen MR) is 149 cm³/mol. The number of nitrogens with zero attached hydrogens (tertiary/aromatic N) is 2. The van der Waals surface area contributed by atoms with Gasteiger partial charge in [-0.3, -0.25) is 9.59 Å². The average Bonchev–Trinajstić information content (AvgIpc) is 2.85. The Bertz CT molecular complexity index is 1130. The Kier molecular flexibility index (Phi) is 9.69. The van der Waals surface area contributed by atoms with E-state index in [1.165, 1.54) is 0 Å². The van der Waals surface area contributed by atoms with Crippen LogP contribution in [0.15, 0.2) is 78.9 Å². The molecule has 3 aromatic carbocycles. The van der Waals surface area contributed by atoms with Crippen molar-refractivity contribution < 1.29 is 9.59 Å². The Morgan fingerprint density at radius 2 is 1.50 bits per heavy atom. The molecule has 0 saturated carbocycles. The van der Waals surface area contributed by atoms with Crippen LogP contribution in [0.2, 0.25) is 0 Å². The number of hydrogen-bond donors (Lipinski definition) is 1. The van der Waals surface area contributed by atoms with Gasteiger partial charge in [-0.05, 0) is 47.2 Å². The van der Waals surface area contributed by atoms with Crippen molar-refractivity contribution in [3.05, 3.63) is 95.6 Å². The van der Waals surface area contributed by atoms with Crippen LogP contribution >= 0.6 is 0 Å². The van der Waals surface area contributed by atoms with E-state index in [1.54, 1.807) is 0 Å². The Morgan fingerprint density at radius 3 is 2.08 bits per heavy atom. The third kappa shape index (κ3) is 7.45. The van der Waals surface area contributed by atoms with Crippen molar-refractivity contribution in [2.75, 3.05) is 24.3 Å². The van der Waals surface area contributed by atoms with E-state index in [0.717, 1.165) is 34.5 Å². The molecule has 0 radical (unpaired) electrons. The molecule has 5 heteroatoms. The summed E-state index contributed by atoms with van der Waals surface area (Å²) in [6, 6.07) is 26.1. The van der Waals surface area contributed by atoms with Crippen LogP contribution in [0.5, 0.6) is 0 Å². The second kappa shape index (κ2) is 12.9. The third-order valence-corrected chi connectivity index (χ3v) is 6.24. The van der Waals surface area contributed by atoms with Gasteiger partial charge < -0.3 is 15.1 Å². The summed E-state index contributed by atoms with van der Waals surface area (Å²) in [5, 5.41) is 3.03. The molecule has 190 valence electrons. The van der Waals surface area contributed by atoms with E-state index in [-0.39, 0.29) is 23.7 Å². The third-order valence-electron chi connectivity index (χ3n) is 6.24. The lowest BCUT2D eigenvalue weighted by Gasteiger charge is -2.29. The number of hydrogen-bond acceptors (Lipinski definition) is 3. The second-order valence-electron chi connectivity index (χ2n) is 9.94. The molecule has 0 fully saturated rings. The molecule has 5 nitrogen and oxygen atoms in total. The zero-order valence-corrected chi connectivity index (χ0v) is 22.2. The smallest absolute Gasteiger partial charge is 0.230 e. The lowest BCUT2D eigenvalue weighted by atomic mass is 9.94. The number of carbonyl (C=O) groups excluding carboxylic acids is 2. The number of anilines is 2. The molecule has 2 amide bonds. The highest BCUT2D eigenvalue weighted by Crippen LogP contribution is 2.29. The van der Waals surface area contributed by atoms with Gasteiger partial charge in [0, 0.05) is 45.0 Å². The van der Waals surface area contributed by atoms with E-state index < -0.39 is 0 Å². The SMILES string of the molecule is CCC(C(=O)N(Cc1ccccc1)Cc1cc(NC(=O)CC(C)C)ccc1N(C)C)c1ccccc1. The molecule has 0 bridgehead atoms. The summed E-state index contributed by atoms with van der Waals surface area (Å²) >= 11 is 0. The van der Waals surface area contributed by atoms with Crippen molar-refractivity contribution in [3.8, 4) is 0 Å². The van der Waals surface area contributed by atoms with Gasteiger partial charge in [0.25, 0.3) is 0 Å². The fourth-order valence-electron chi connectivity index (χ4n) is 4.49. The zero-order valence-electron chi connectivity index (χ0n) is 22.2. The first-order valence-electron chi connectivity index (χ1n) is 12.8. The molecule has 0 saturated heterocycles. The van der Waals surface area contributed by atoms with E-state index >= 15 is 0 Å². The Morgan fingerprint density at radius 1 is 0.861 bits per heavy atom. The van der Waals surface area contributed by atoms with Crippen molar-refractivity contribution in [2.45, 2.75) is 52.6 Å². The van der Waals surface area contributed by atoms with E-state index in [2.05, 4.69) is 29.3 Å². The molecule has 3 aromatic rings. The molecular formula is C31H39N3O2. The van der Waals surface area contributed by atoms with Gasteiger partial charge in [-0.15, -0.1) is 0 Å². The minimum Gasteiger partial charge on any atom is -0.377 e. The Balaban J connectivity index is 1.96. The summed E-state index contributed by atoms with van der Waals surface area (Å²) in [7, 11) is 4.00. The summed E-state index contributed by atoms with van der Waals surface area (Å²) in [6.45, 7) is 7.08. The predicted octanol–water partition coefficient (Wildman–Crippen LogP) is 6.46. The highest BCUT2D eigenvalue weighted by atomic mass is 16.2. The second-order valence-corrected chi connectivity index (χ2v) is 9.94. The van der Waals surface area contributed by atoms with Crippen molar-refractivity contribution in [1.29, 1.82) is 0 Å². The zero-order chi connectivity index (χ0) is 26.1. The first kappa shape index (κ1) is 27.0. The number of rotatable bonds is 11. The summed E-state index contributed by atoms with van der Waals surface area (Å²) in [6.07, 6.45) is 1.19. The van der Waals surface area contributed by atoms with Crippen molar-refractivity contribution in [1.82, 2.24) is 4.90 Å². The minimum atomic E-state index is -0.216. The van der Waals surface area contributed by atoms with Crippen LogP contribution in [-0.2, 0) is 22.7 Å². The van der Waals surface area contributed by atoms with Gasteiger partial charge in [0.05, 0.1) is 5.92 Å². The lowest BCUT2D eigenvalue weighted by molar-refractivity contribution is -0.134. The molecule has 0 aromatic heterocycles. The number of benzene rings is 3. The molecule has 0 heterocycles. The van der Waals surface area contributed by atoms with Crippen molar-refractivity contribution in [2.24, 2.45) is 5.92 Å². The molecule has 1 atom stereocenters. The lowest BCUT2D eigenvalue weighted by Crippen LogP contribution is -2.34. The van der Waals surface area contributed by atoms with E-state index in [4.69, 9.17) is 0 Å². The van der Waals surface area contributed by atoms with E-state index in [1.807, 2.05) is 99.6 Å². The van der Waals surface area contributed by atoms with Gasteiger partial charge >= 0.3 is 0 Å². The normalized spacial score (nSPS) is 11.7. The Labute approximate surface area is 216 Å². The summed E-state index contributed by atoms with van der Waals surface area (Å²) in [4.78, 5) is 30.4. The topological polar surface area (TPSA) is 52.7 Å². The molecule has 1 N–H and O–H groups in total. The van der Waals surface area contributed by atoms with Crippen molar-refractivity contribution >= 4 is 23.2 Å². The maximum Gasteiger partial charge on any atom is 0.230 e. The average molecular weight is 486 g/mol. The van der Waals surface area contributed by atoms with Crippen LogP contribution in [0, 0.1) is 5.92 Å². The molecule has 1 unspecified atom stereocenters. The fourth-order valence-corrected chi connectivity index (χ4v) is 4.49. The van der Waals surface area contributed by atoms with Crippen LogP contribution in [0.1, 0.15) is 56.2 Å². The summed E-state index contributed by atoms with van der Waals surface area (Å²) < 4.78 is 0. The van der Waals surface area contributed by atoms with Gasteiger partial charge in [0.1, 0.15) is 0 Å². The standard InChI is InChI=1S/C31H39N3O2/c1-6-28(25-15-11-8-12-16-25)31(36)34(21-24-13-9-7-10-14-24)22-26-20-27(17-18-29(26)33(4)5)32-30(35)19-23(2)3/h7-18,20,23,28H,6,19,21-22H2,1-5H3,(H,32,35). The van der Waals surface area contributed by atoms with Crippen LogP contribution in [0.4, 0.5) is 11.4 Å². The van der Waals surface area contributed by atoms with E-state index in [0.29, 0.717) is 19.5 Å². The maximum atomic E-state index is 14.0. The Hall–Kier alpha value is -3.60. The van der Waals surface area contributed by atoms with Crippen LogP contribution < -0.4 is 10.2 Å². The quantitative estimate of drug-likeness (QED) is 0.339. The van der Waals surface area contributed by atoms with Crippen LogP contribution in [0.25, 0.3) is 0 Å². The van der Waals surface area contributed by atoms with Gasteiger partial charge in [-0.2, -0.15) is 0 Å². The molecule has 0 spiro atoms. The number of amides is 2. The van der Waals surface area contributed by atoms with Gasteiger partial charge in [0.2, 0.25) is 11.8 Å². The highest BCUT2D eigenvalue weighted by Gasteiger charge is 2.26. The van der Waals surface area contributed by atoms with Crippen molar-refractivity contribution in [3.63, 3.8) is 0 Å². The van der Waals surface area contributed by atoms with Gasteiger partial charge in [-0.25, -0.2) is 0 Å². The molecule has 36 heavy (non-hydrogen) atoms. The first-order chi connectivity index (χ1) is 17.3. The monoisotopic (exact) mass is 485 g/mol. The molecule has 3 rings (SSSR count). The summed E-state index contributed by atoms with van der Waals surface area (Å²) in [5.41, 5.74) is 4.89. The molecule has 0 aliphatic rings. The maximum absolute atomic E-state index is 14.0. The van der Waals surface area contributed by atoms with E-state index in [9.17, 15) is 9.59 Å². The minimum absolute atomic E-state index is 0.000829. The molecule has 0 aliphatic carbocycles. The highest BCUT2D eigenvalue weighted by molar-refractivity contribution is 5.91. The summed E-state index contributed by atoms with van der Waals surface area (Å²) in [5.74, 6) is 0.174. The van der Waals surface area contributed by atoms with Crippen LogP contribution in [0.3, 0.4) is 0 Å².